The van der Waals surface area contributed by atoms with Crippen LogP contribution in [0.3, 0.4) is 0 Å². The predicted molar refractivity (Wildman–Crippen MR) is 104 cm³/mol. The average Bonchev–Trinajstić information content (AvgIpc) is 2.65. The van der Waals surface area contributed by atoms with Crippen LogP contribution in [0.5, 0.6) is 0 Å². The third kappa shape index (κ3) is 4.90. The summed E-state index contributed by atoms with van der Waals surface area (Å²) in [6, 6.07) is 15.0. The average molecular weight is 422 g/mol. The Bertz CT molecular complexity index is 748. The summed E-state index contributed by atoms with van der Waals surface area (Å²) in [5, 5.41) is 2.72. The maximum absolute atomic E-state index is 13.9. The molecule has 0 aliphatic carbocycles. The van der Waals surface area contributed by atoms with Crippen LogP contribution in [0, 0.1) is 5.82 Å². The summed E-state index contributed by atoms with van der Waals surface area (Å²) < 4.78 is 14.6. The van der Waals surface area contributed by atoms with E-state index in [-0.39, 0.29) is 17.6 Å². The molecule has 1 atom stereocenters. The largest absolute Gasteiger partial charge is 0.322 e. The summed E-state index contributed by atoms with van der Waals surface area (Å²) in [6.07, 6.45) is 0. The van der Waals surface area contributed by atoms with Crippen molar-refractivity contribution in [1.29, 1.82) is 0 Å². The van der Waals surface area contributed by atoms with Gasteiger partial charge in [-0.05, 0) is 25.1 Å². The van der Waals surface area contributed by atoms with Crippen LogP contribution >= 0.6 is 15.9 Å². The van der Waals surface area contributed by atoms with Crippen molar-refractivity contribution in [2.45, 2.75) is 19.5 Å². The van der Waals surface area contributed by atoms with E-state index in [0.717, 1.165) is 32.7 Å². The van der Waals surface area contributed by atoms with E-state index in [1.807, 2.05) is 13.0 Å². The maximum atomic E-state index is 13.9. The Morgan fingerprint density at radius 1 is 1.15 bits per heavy atom. The minimum absolute atomic E-state index is 0.132. The lowest BCUT2D eigenvalue weighted by molar-refractivity contribution is -1.02. The molecule has 138 valence electrons. The molecule has 1 aliphatic heterocycles. The van der Waals surface area contributed by atoms with Gasteiger partial charge in [-0.15, -0.1) is 0 Å². The van der Waals surface area contributed by atoms with Gasteiger partial charge < -0.3 is 15.1 Å². The third-order valence-electron chi connectivity index (χ3n) is 5.09. The summed E-state index contributed by atoms with van der Waals surface area (Å²) in [5.74, 6) is -0.556. The van der Waals surface area contributed by atoms with E-state index in [9.17, 15) is 9.18 Å². The molecular weight excluding hydrogens is 397 g/mol. The highest BCUT2D eigenvalue weighted by Crippen LogP contribution is 2.19. The molecule has 26 heavy (non-hydrogen) atoms. The van der Waals surface area contributed by atoms with Gasteiger partial charge in [-0.3, -0.25) is 4.79 Å². The Morgan fingerprint density at radius 2 is 1.85 bits per heavy atom. The first-order valence-corrected chi connectivity index (χ1v) is 9.80. The van der Waals surface area contributed by atoms with E-state index >= 15 is 0 Å². The van der Waals surface area contributed by atoms with Gasteiger partial charge >= 0.3 is 0 Å². The molecule has 1 heterocycles. The van der Waals surface area contributed by atoms with Gasteiger partial charge in [0.05, 0.1) is 5.69 Å². The molecule has 3 rings (SSSR count). The molecular formula is C20H25BrFN3O+2. The molecule has 2 aromatic rings. The SMILES string of the molecule is C[C@@H](C(=O)Nc1ccc(Br)cc1F)[NH+]1CC[NH+](Cc2ccccc2)CC1. The molecule has 1 aliphatic rings. The van der Waals surface area contributed by atoms with Crippen molar-refractivity contribution in [3.8, 4) is 0 Å². The fraction of sp³-hybridized carbons (Fsp3) is 0.350. The van der Waals surface area contributed by atoms with E-state index in [1.165, 1.54) is 16.5 Å². The van der Waals surface area contributed by atoms with Crippen LogP contribution in [0.25, 0.3) is 0 Å². The van der Waals surface area contributed by atoms with Crippen LogP contribution in [-0.2, 0) is 11.3 Å². The second kappa shape index (κ2) is 8.75. The monoisotopic (exact) mass is 421 g/mol. The van der Waals surface area contributed by atoms with Crippen LogP contribution in [-0.4, -0.2) is 38.1 Å². The summed E-state index contributed by atoms with van der Waals surface area (Å²) in [4.78, 5) is 15.3. The van der Waals surface area contributed by atoms with Crippen molar-refractivity contribution in [3.05, 3.63) is 64.4 Å². The topological polar surface area (TPSA) is 38.0 Å². The lowest BCUT2D eigenvalue weighted by Gasteiger charge is -2.32. The first-order valence-electron chi connectivity index (χ1n) is 9.01. The molecule has 0 spiro atoms. The molecule has 1 amide bonds. The predicted octanol–water partition coefficient (Wildman–Crippen LogP) is 0.899. The second-order valence-corrected chi connectivity index (χ2v) is 7.82. The lowest BCUT2D eigenvalue weighted by atomic mass is 10.1. The number of carbonyl (C=O) groups excluding carboxylic acids is 1. The number of quaternary nitrogens is 2. The molecule has 0 bridgehead atoms. The summed E-state index contributed by atoms with van der Waals surface area (Å²) in [7, 11) is 0. The molecule has 1 saturated heterocycles. The number of benzene rings is 2. The minimum Gasteiger partial charge on any atom is -0.322 e. The minimum atomic E-state index is -0.424. The Hall–Kier alpha value is -1.76. The van der Waals surface area contributed by atoms with E-state index in [2.05, 4.69) is 45.5 Å². The first kappa shape index (κ1) is 19.0. The Balaban J connectivity index is 1.51. The molecule has 1 fully saturated rings. The normalized spacial score (nSPS) is 21.2. The highest BCUT2D eigenvalue weighted by atomic mass is 79.9. The lowest BCUT2D eigenvalue weighted by Crippen LogP contribution is -3.29. The second-order valence-electron chi connectivity index (χ2n) is 6.91. The van der Waals surface area contributed by atoms with Crippen molar-refractivity contribution in [1.82, 2.24) is 0 Å². The third-order valence-corrected chi connectivity index (χ3v) is 5.58. The molecule has 0 saturated carbocycles. The fourth-order valence-corrected chi connectivity index (χ4v) is 3.77. The van der Waals surface area contributed by atoms with Gasteiger partial charge in [0.15, 0.2) is 6.04 Å². The van der Waals surface area contributed by atoms with Gasteiger partial charge in [0.2, 0.25) is 0 Å². The first-order chi connectivity index (χ1) is 12.5. The van der Waals surface area contributed by atoms with Crippen LogP contribution in [0.4, 0.5) is 10.1 Å². The quantitative estimate of drug-likeness (QED) is 0.659. The Kier molecular flexibility index (Phi) is 6.40. The van der Waals surface area contributed by atoms with Crippen molar-refractivity contribution >= 4 is 27.5 Å². The van der Waals surface area contributed by atoms with E-state index in [4.69, 9.17) is 0 Å². The number of amides is 1. The van der Waals surface area contributed by atoms with Gasteiger partial charge in [0.1, 0.15) is 38.5 Å². The molecule has 0 radical (unpaired) electrons. The molecule has 3 N–H and O–H groups in total. The van der Waals surface area contributed by atoms with Gasteiger partial charge in [-0.1, -0.05) is 46.3 Å². The van der Waals surface area contributed by atoms with Crippen molar-refractivity contribution < 1.29 is 19.0 Å². The summed E-state index contributed by atoms with van der Waals surface area (Å²) in [6.45, 7) is 6.91. The molecule has 0 aromatic heterocycles. The molecule has 0 unspecified atom stereocenters. The highest BCUT2D eigenvalue weighted by molar-refractivity contribution is 9.10. The smallest absolute Gasteiger partial charge is 0.282 e. The highest BCUT2D eigenvalue weighted by Gasteiger charge is 2.31. The maximum Gasteiger partial charge on any atom is 0.282 e. The molecule has 4 nitrogen and oxygen atoms in total. The zero-order valence-electron chi connectivity index (χ0n) is 14.9. The summed E-state index contributed by atoms with van der Waals surface area (Å²) >= 11 is 3.22. The number of rotatable bonds is 5. The van der Waals surface area contributed by atoms with E-state index < -0.39 is 5.82 Å². The summed E-state index contributed by atoms with van der Waals surface area (Å²) in [5.41, 5.74) is 1.58. The molecule has 2 aromatic carbocycles. The van der Waals surface area contributed by atoms with Gasteiger partial charge in [-0.25, -0.2) is 4.39 Å². The number of hydrogen-bond acceptors (Lipinski definition) is 1. The zero-order chi connectivity index (χ0) is 18.5. The number of piperazine rings is 1. The van der Waals surface area contributed by atoms with Crippen molar-refractivity contribution in [3.63, 3.8) is 0 Å². The van der Waals surface area contributed by atoms with Gasteiger partial charge in [0, 0.05) is 10.0 Å². The Morgan fingerprint density at radius 3 is 2.50 bits per heavy atom. The number of carbonyl (C=O) groups is 1. The number of halogens is 2. The fourth-order valence-electron chi connectivity index (χ4n) is 3.44. The van der Waals surface area contributed by atoms with Gasteiger partial charge in [0.25, 0.3) is 5.91 Å². The number of anilines is 1. The van der Waals surface area contributed by atoms with E-state index in [1.54, 1.807) is 17.0 Å². The zero-order valence-corrected chi connectivity index (χ0v) is 16.5. The van der Waals surface area contributed by atoms with Crippen LogP contribution in [0.1, 0.15) is 12.5 Å². The van der Waals surface area contributed by atoms with Crippen molar-refractivity contribution in [2.24, 2.45) is 0 Å². The van der Waals surface area contributed by atoms with Crippen LogP contribution < -0.4 is 15.1 Å². The standard InChI is InChI=1S/C20H23BrFN3O/c1-15(20(26)23-19-8-7-17(21)13-18(19)22)25-11-9-24(10-12-25)14-16-5-3-2-4-6-16/h2-8,13,15H,9-12,14H2,1H3,(H,23,26)/p+2/t15-/m0/s1. The van der Waals surface area contributed by atoms with Crippen LogP contribution in [0.15, 0.2) is 53.0 Å². The molecule has 6 heteroatoms. The Labute approximate surface area is 162 Å². The number of nitrogens with one attached hydrogen (secondary N) is 3. The van der Waals surface area contributed by atoms with Crippen molar-refractivity contribution in [2.75, 3.05) is 31.5 Å². The van der Waals surface area contributed by atoms with Crippen LogP contribution in [0.2, 0.25) is 0 Å². The van der Waals surface area contributed by atoms with Gasteiger partial charge in [-0.2, -0.15) is 0 Å². The number of hydrogen-bond donors (Lipinski definition) is 3. The van der Waals surface area contributed by atoms with E-state index in [0.29, 0.717) is 4.47 Å².